The molecule has 0 aromatic heterocycles. The van der Waals surface area contributed by atoms with Crippen molar-refractivity contribution in [2.45, 2.75) is 32.9 Å². The summed E-state index contributed by atoms with van der Waals surface area (Å²) in [6, 6.07) is 7.88. The van der Waals surface area contributed by atoms with Gasteiger partial charge in [-0.3, -0.25) is 4.79 Å². The van der Waals surface area contributed by atoms with E-state index >= 15 is 0 Å². The molecule has 0 bridgehead atoms. The first-order valence-electron chi connectivity index (χ1n) is 10.2. The van der Waals surface area contributed by atoms with E-state index in [0.717, 1.165) is 17.5 Å². The lowest BCUT2D eigenvalue weighted by Crippen LogP contribution is -2.48. The SMILES string of the molecule is CCCN(CCS(=O)(=O)N1CCNCC1)C(=O)Cc1ccc(C)cc1.O=C(O)C(F)(F)F. The van der Waals surface area contributed by atoms with Gasteiger partial charge in [0.2, 0.25) is 15.9 Å². The zero-order chi connectivity index (χ0) is 24.4. The Kier molecular flexibility index (Phi) is 11.1. The van der Waals surface area contributed by atoms with Gasteiger partial charge in [0.25, 0.3) is 0 Å². The minimum atomic E-state index is -5.08. The lowest BCUT2D eigenvalue weighted by molar-refractivity contribution is -0.192. The summed E-state index contributed by atoms with van der Waals surface area (Å²) in [5.74, 6) is -2.78. The molecule has 1 aromatic carbocycles. The largest absolute Gasteiger partial charge is 0.490 e. The third kappa shape index (κ3) is 9.96. The molecule has 1 aliphatic rings. The zero-order valence-corrected chi connectivity index (χ0v) is 19.0. The quantitative estimate of drug-likeness (QED) is 0.585. The van der Waals surface area contributed by atoms with Crippen LogP contribution in [0, 0.1) is 6.92 Å². The predicted octanol–water partition coefficient (Wildman–Crippen LogP) is 1.64. The van der Waals surface area contributed by atoms with Gasteiger partial charge in [0.1, 0.15) is 0 Å². The number of piperazine rings is 1. The molecule has 0 atom stereocenters. The number of carbonyl (C=O) groups is 2. The number of carbonyl (C=O) groups excluding carboxylic acids is 1. The van der Waals surface area contributed by atoms with Gasteiger partial charge in [-0.25, -0.2) is 13.2 Å². The van der Waals surface area contributed by atoms with Crippen LogP contribution in [0.2, 0.25) is 0 Å². The van der Waals surface area contributed by atoms with E-state index in [0.29, 0.717) is 39.1 Å². The van der Waals surface area contributed by atoms with Crippen LogP contribution in [-0.4, -0.2) is 85.8 Å². The van der Waals surface area contributed by atoms with Crippen molar-refractivity contribution in [3.63, 3.8) is 0 Å². The standard InChI is InChI=1S/C18H29N3O3S.C2HF3O2/c1-3-10-20(18(22)15-17-6-4-16(2)5-7-17)13-14-25(23,24)21-11-8-19-9-12-21;3-2(4,5)1(6)7/h4-7,19H,3,8-15H2,1-2H3;(H,6,7). The molecule has 8 nitrogen and oxygen atoms in total. The number of alkyl halides is 3. The second-order valence-corrected chi connectivity index (χ2v) is 9.40. The van der Waals surface area contributed by atoms with E-state index < -0.39 is 22.2 Å². The summed E-state index contributed by atoms with van der Waals surface area (Å²) >= 11 is 0. The highest BCUT2D eigenvalue weighted by Crippen LogP contribution is 2.13. The van der Waals surface area contributed by atoms with Gasteiger partial charge in [-0.15, -0.1) is 0 Å². The molecular formula is C20H30F3N3O5S. The minimum Gasteiger partial charge on any atom is -0.475 e. The molecule has 0 spiro atoms. The Morgan fingerprint density at radius 3 is 2.12 bits per heavy atom. The van der Waals surface area contributed by atoms with E-state index in [-0.39, 0.29) is 18.2 Å². The fourth-order valence-electron chi connectivity index (χ4n) is 2.90. The van der Waals surface area contributed by atoms with Crippen LogP contribution < -0.4 is 5.32 Å². The molecule has 1 fully saturated rings. The fourth-order valence-corrected chi connectivity index (χ4v) is 4.35. The number of carboxylic acids is 1. The number of hydrogen-bond acceptors (Lipinski definition) is 5. The van der Waals surface area contributed by atoms with Crippen LogP contribution in [0.15, 0.2) is 24.3 Å². The molecule has 1 amide bonds. The van der Waals surface area contributed by atoms with Crippen LogP contribution in [0.4, 0.5) is 13.2 Å². The van der Waals surface area contributed by atoms with E-state index in [9.17, 15) is 26.4 Å². The molecular weight excluding hydrogens is 451 g/mol. The Hall–Kier alpha value is -2.18. The van der Waals surface area contributed by atoms with Gasteiger partial charge in [0.05, 0.1) is 12.2 Å². The van der Waals surface area contributed by atoms with E-state index in [1.54, 1.807) is 4.90 Å². The van der Waals surface area contributed by atoms with Gasteiger partial charge in [0.15, 0.2) is 0 Å². The summed E-state index contributed by atoms with van der Waals surface area (Å²) in [6.07, 6.45) is -3.96. The molecule has 0 aliphatic carbocycles. The summed E-state index contributed by atoms with van der Waals surface area (Å²) in [5.41, 5.74) is 2.12. The van der Waals surface area contributed by atoms with E-state index in [4.69, 9.17) is 9.90 Å². The molecule has 2 N–H and O–H groups in total. The van der Waals surface area contributed by atoms with Gasteiger partial charge in [-0.2, -0.15) is 17.5 Å². The predicted molar refractivity (Wildman–Crippen MR) is 114 cm³/mol. The average molecular weight is 482 g/mol. The van der Waals surface area contributed by atoms with Crippen LogP contribution in [0.3, 0.4) is 0 Å². The number of aliphatic carboxylic acids is 1. The Labute approximate surface area is 186 Å². The maximum Gasteiger partial charge on any atom is 0.490 e. The normalized spacial score (nSPS) is 14.9. The van der Waals surface area contributed by atoms with Crippen molar-refractivity contribution in [3.8, 4) is 0 Å². The summed E-state index contributed by atoms with van der Waals surface area (Å²) in [5, 5.41) is 10.3. The molecule has 0 radical (unpaired) electrons. The third-order valence-electron chi connectivity index (χ3n) is 4.65. The number of hydrogen-bond donors (Lipinski definition) is 2. The molecule has 1 aromatic rings. The number of halogens is 3. The number of rotatable bonds is 8. The van der Waals surface area contributed by atoms with Gasteiger partial charge in [-0.1, -0.05) is 36.8 Å². The molecule has 1 aliphatic heterocycles. The number of carboxylic acid groups (broad SMARTS) is 1. The van der Waals surface area contributed by atoms with Crippen LogP contribution in [0.5, 0.6) is 0 Å². The number of benzene rings is 1. The Balaban J connectivity index is 0.000000633. The Morgan fingerprint density at radius 1 is 1.12 bits per heavy atom. The maximum absolute atomic E-state index is 12.6. The monoisotopic (exact) mass is 481 g/mol. The molecule has 0 unspecified atom stereocenters. The number of sulfonamides is 1. The number of nitrogens with zero attached hydrogens (tertiary/aromatic N) is 2. The smallest absolute Gasteiger partial charge is 0.475 e. The summed E-state index contributed by atoms with van der Waals surface area (Å²) < 4.78 is 58.2. The van der Waals surface area contributed by atoms with Crippen molar-refractivity contribution < 1.29 is 36.3 Å². The molecule has 1 heterocycles. The molecule has 0 saturated carbocycles. The maximum atomic E-state index is 12.6. The zero-order valence-electron chi connectivity index (χ0n) is 18.2. The topological polar surface area (TPSA) is 107 Å². The average Bonchev–Trinajstić information content (AvgIpc) is 2.73. The van der Waals surface area contributed by atoms with Crippen molar-refractivity contribution in [1.29, 1.82) is 0 Å². The molecule has 2 rings (SSSR count). The van der Waals surface area contributed by atoms with Crippen molar-refractivity contribution in [3.05, 3.63) is 35.4 Å². The Morgan fingerprint density at radius 2 is 1.66 bits per heavy atom. The molecule has 182 valence electrons. The minimum absolute atomic E-state index is 0.00730. The summed E-state index contributed by atoms with van der Waals surface area (Å²) in [7, 11) is -3.31. The van der Waals surface area contributed by atoms with Crippen LogP contribution in [0.1, 0.15) is 24.5 Å². The van der Waals surface area contributed by atoms with Crippen LogP contribution in [0.25, 0.3) is 0 Å². The second-order valence-electron chi connectivity index (χ2n) is 7.31. The van der Waals surface area contributed by atoms with Crippen molar-refractivity contribution in [2.24, 2.45) is 0 Å². The van der Waals surface area contributed by atoms with Gasteiger partial charge in [-0.05, 0) is 18.9 Å². The first-order valence-corrected chi connectivity index (χ1v) is 11.8. The molecule has 12 heteroatoms. The van der Waals surface area contributed by atoms with Crippen molar-refractivity contribution in [1.82, 2.24) is 14.5 Å². The number of amides is 1. The highest BCUT2D eigenvalue weighted by atomic mass is 32.2. The highest BCUT2D eigenvalue weighted by Gasteiger charge is 2.38. The number of nitrogens with one attached hydrogen (secondary N) is 1. The van der Waals surface area contributed by atoms with Crippen LogP contribution >= 0.6 is 0 Å². The van der Waals surface area contributed by atoms with E-state index in [1.165, 1.54) is 4.31 Å². The van der Waals surface area contributed by atoms with Gasteiger partial charge in [0, 0.05) is 39.3 Å². The summed E-state index contributed by atoms with van der Waals surface area (Å²) in [6.45, 7) is 7.23. The highest BCUT2D eigenvalue weighted by molar-refractivity contribution is 7.89. The second kappa shape index (κ2) is 12.8. The fraction of sp³-hybridized carbons (Fsp3) is 0.600. The lowest BCUT2D eigenvalue weighted by atomic mass is 10.1. The van der Waals surface area contributed by atoms with Crippen molar-refractivity contribution >= 4 is 21.9 Å². The van der Waals surface area contributed by atoms with Gasteiger partial charge < -0.3 is 15.3 Å². The molecule has 1 saturated heterocycles. The first kappa shape index (κ1) is 27.9. The third-order valence-corrected chi connectivity index (χ3v) is 6.50. The first-order chi connectivity index (χ1) is 14.9. The van der Waals surface area contributed by atoms with E-state index in [2.05, 4.69) is 5.32 Å². The number of aryl methyl sites for hydroxylation is 1. The Bertz CT molecular complexity index is 839. The van der Waals surface area contributed by atoms with E-state index in [1.807, 2.05) is 38.1 Å². The lowest BCUT2D eigenvalue weighted by Gasteiger charge is -2.28. The summed E-state index contributed by atoms with van der Waals surface area (Å²) in [4.78, 5) is 23.2. The molecule has 32 heavy (non-hydrogen) atoms. The van der Waals surface area contributed by atoms with Gasteiger partial charge >= 0.3 is 12.1 Å². The van der Waals surface area contributed by atoms with Crippen LogP contribution in [-0.2, 0) is 26.0 Å². The van der Waals surface area contributed by atoms with Crippen molar-refractivity contribution in [2.75, 3.05) is 45.0 Å².